The van der Waals surface area contributed by atoms with Gasteiger partial charge in [0.1, 0.15) is 0 Å². The number of hydrogen-bond donors (Lipinski definition) is 1. The van der Waals surface area contributed by atoms with Crippen LogP contribution in [0.3, 0.4) is 0 Å². The number of aromatic nitrogens is 4. The summed E-state index contributed by atoms with van der Waals surface area (Å²) in [5.74, 6) is -0.875. The molecule has 0 aliphatic heterocycles. The molecule has 1 amide bonds. The molecular weight excluding hydrogens is 378 g/mol. The fourth-order valence-corrected chi connectivity index (χ4v) is 3.22. The third-order valence-electron chi connectivity index (χ3n) is 4.67. The number of carbonyl (C=O) groups is 2. The second-order valence-electron chi connectivity index (χ2n) is 6.74. The van der Waals surface area contributed by atoms with Crippen LogP contribution in [0.25, 0.3) is 17.1 Å². The standard InChI is InChI=1S/C23H19N5O2/c1-15-20(16(2)28(27-15)19-11-7-4-8-12-19)21(29)23(30)26-18-13-24-22(25-14-18)17-9-5-3-6-10-17/h3-14H,1-2H3,(H,26,30). The quantitative estimate of drug-likeness (QED) is 0.409. The summed E-state index contributed by atoms with van der Waals surface area (Å²) in [5, 5.41) is 7.00. The number of rotatable bonds is 5. The molecule has 0 saturated carbocycles. The van der Waals surface area contributed by atoms with Gasteiger partial charge in [0.15, 0.2) is 5.82 Å². The number of aryl methyl sites for hydroxylation is 1. The lowest BCUT2D eigenvalue weighted by Gasteiger charge is -2.06. The van der Waals surface area contributed by atoms with Crippen LogP contribution in [0.4, 0.5) is 5.69 Å². The Hall–Kier alpha value is -4.13. The average Bonchev–Trinajstić information content (AvgIpc) is 3.08. The number of anilines is 1. The predicted octanol–water partition coefficient (Wildman–Crippen LogP) is 3.77. The number of amides is 1. The van der Waals surface area contributed by atoms with Crippen LogP contribution in [0.1, 0.15) is 21.7 Å². The van der Waals surface area contributed by atoms with Crippen LogP contribution in [0, 0.1) is 13.8 Å². The molecule has 0 unspecified atom stereocenters. The molecule has 4 aromatic rings. The maximum absolute atomic E-state index is 12.8. The zero-order valence-corrected chi connectivity index (χ0v) is 16.5. The smallest absolute Gasteiger partial charge is 0.296 e. The minimum atomic E-state index is -0.759. The lowest BCUT2D eigenvalue weighted by Crippen LogP contribution is -2.24. The molecule has 0 spiro atoms. The molecule has 2 aromatic heterocycles. The first-order valence-electron chi connectivity index (χ1n) is 9.39. The van der Waals surface area contributed by atoms with Crippen molar-refractivity contribution in [3.8, 4) is 17.1 Å². The van der Waals surface area contributed by atoms with Gasteiger partial charge >= 0.3 is 0 Å². The SMILES string of the molecule is Cc1nn(-c2ccccc2)c(C)c1C(=O)C(=O)Nc1cnc(-c2ccccc2)nc1. The second-order valence-corrected chi connectivity index (χ2v) is 6.74. The van der Waals surface area contributed by atoms with Gasteiger partial charge in [-0.3, -0.25) is 9.59 Å². The van der Waals surface area contributed by atoms with E-state index >= 15 is 0 Å². The number of Topliss-reactive ketones (excluding diaryl/α,β-unsaturated/α-hetero) is 1. The van der Waals surface area contributed by atoms with E-state index in [-0.39, 0.29) is 5.56 Å². The third-order valence-corrected chi connectivity index (χ3v) is 4.67. The number of nitrogens with zero attached hydrogens (tertiary/aromatic N) is 4. The second kappa shape index (κ2) is 8.08. The normalized spacial score (nSPS) is 10.6. The van der Waals surface area contributed by atoms with Crippen molar-refractivity contribution in [3.63, 3.8) is 0 Å². The molecule has 7 heteroatoms. The van der Waals surface area contributed by atoms with E-state index in [1.54, 1.807) is 18.5 Å². The van der Waals surface area contributed by atoms with E-state index < -0.39 is 11.7 Å². The highest BCUT2D eigenvalue weighted by atomic mass is 16.2. The van der Waals surface area contributed by atoms with Crippen molar-refractivity contribution in [2.24, 2.45) is 0 Å². The molecule has 7 nitrogen and oxygen atoms in total. The summed E-state index contributed by atoms with van der Waals surface area (Å²) in [5.41, 5.74) is 3.42. The molecule has 0 saturated heterocycles. The summed E-state index contributed by atoms with van der Waals surface area (Å²) in [7, 11) is 0. The van der Waals surface area contributed by atoms with Gasteiger partial charge in [-0.15, -0.1) is 0 Å². The van der Waals surface area contributed by atoms with Crippen LogP contribution >= 0.6 is 0 Å². The first-order valence-corrected chi connectivity index (χ1v) is 9.39. The van der Waals surface area contributed by atoms with Gasteiger partial charge in [0.05, 0.1) is 40.7 Å². The van der Waals surface area contributed by atoms with Gasteiger partial charge in [-0.1, -0.05) is 48.5 Å². The monoisotopic (exact) mass is 397 g/mol. The Bertz CT molecular complexity index is 1200. The van der Waals surface area contributed by atoms with Crippen molar-refractivity contribution < 1.29 is 9.59 Å². The van der Waals surface area contributed by atoms with Crippen LogP contribution in [-0.4, -0.2) is 31.4 Å². The highest BCUT2D eigenvalue weighted by Crippen LogP contribution is 2.19. The van der Waals surface area contributed by atoms with Crippen LogP contribution in [0.5, 0.6) is 0 Å². The van der Waals surface area contributed by atoms with Gasteiger partial charge in [0.25, 0.3) is 11.7 Å². The molecule has 0 bridgehead atoms. The van der Waals surface area contributed by atoms with Gasteiger partial charge in [-0.05, 0) is 26.0 Å². The number of benzene rings is 2. The van der Waals surface area contributed by atoms with Crippen molar-refractivity contribution >= 4 is 17.4 Å². The lowest BCUT2D eigenvalue weighted by molar-refractivity contribution is -0.112. The minimum Gasteiger partial charge on any atom is -0.316 e. The molecule has 2 aromatic carbocycles. The zero-order chi connectivity index (χ0) is 21.1. The van der Waals surface area contributed by atoms with Crippen LogP contribution in [0.2, 0.25) is 0 Å². The topological polar surface area (TPSA) is 89.8 Å². The molecule has 0 atom stereocenters. The number of carbonyl (C=O) groups excluding carboxylic acids is 2. The third kappa shape index (κ3) is 3.73. The Balaban J connectivity index is 1.53. The molecule has 30 heavy (non-hydrogen) atoms. The molecule has 1 N–H and O–H groups in total. The summed E-state index contributed by atoms with van der Waals surface area (Å²) >= 11 is 0. The van der Waals surface area contributed by atoms with Crippen molar-refractivity contribution in [2.45, 2.75) is 13.8 Å². The molecule has 0 aliphatic rings. The number of nitrogens with one attached hydrogen (secondary N) is 1. The molecule has 0 radical (unpaired) electrons. The molecule has 0 fully saturated rings. The van der Waals surface area contributed by atoms with Gasteiger partial charge in [0.2, 0.25) is 0 Å². The van der Waals surface area contributed by atoms with E-state index in [9.17, 15) is 9.59 Å². The van der Waals surface area contributed by atoms with E-state index in [1.807, 2.05) is 60.7 Å². The molecule has 148 valence electrons. The summed E-state index contributed by atoms with van der Waals surface area (Å²) < 4.78 is 1.66. The fourth-order valence-electron chi connectivity index (χ4n) is 3.22. The van der Waals surface area contributed by atoms with Crippen molar-refractivity contribution in [1.29, 1.82) is 0 Å². The van der Waals surface area contributed by atoms with Crippen molar-refractivity contribution in [2.75, 3.05) is 5.32 Å². The zero-order valence-electron chi connectivity index (χ0n) is 16.5. The van der Waals surface area contributed by atoms with Crippen LogP contribution in [0.15, 0.2) is 73.1 Å². The van der Waals surface area contributed by atoms with Crippen LogP contribution in [-0.2, 0) is 4.79 Å². The highest BCUT2D eigenvalue weighted by molar-refractivity contribution is 6.47. The summed E-state index contributed by atoms with van der Waals surface area (Å²) in [6.07, 6.45) is 2.96. The van der Waals surface area contributed by atoms with Gasteiger partial charge in [-0.25, -0.2) is 14.6 Å². The van der Waals surface area contributed by atoms with E-state index in [0.717, 1.165) is 11.3 Å². The maximum atomic E-state index is 12.8. The Labute approximate surface area is 173 Å². The fraction of sp³-hybridized carbons (Fsp3) is 0.0870. The summed E-state index contributed by atoms with van der Waals surface area (Å²) in [6, 6.07) is 18.9. The molecule has 4 rings (SSSR count). The van der Waals surface area contributed by atoms with Gasteiger partial charge < -0.3 is 5.32 Å². The molecular formula is C23H19N5O2. The summed E-state index contributed by atoms with van der Waals surface area (Å²) in [4.78, 5) is 33.9. The Kier molecular flexibility index (Phi) is 5.17. The molecule has 2 heterocycles. The average molecular weight is 397 g/mol. The first-order chi connectivity index (χ1) is 14.5. The van der Waals surface area contributed by atoms with E-state index in [4.69, 9.17) is 0 Å². The maximum Gasteiger partial charge on any atom is 0.296 e. The van der Waals surface area contributed by atoms with Crippen LogP contribution < -0.4 is 5.32 Å². The van der Waals surface area contributed by atoms with Gasteiger partial charge in [0, 0.05) is 5.56 Å². The highest BCUT2D eigenvalue weighted by Gasteiger charge is 2.25. The lowest BCUT2D eigenvalue weighted by atomic mass is 10.1. The van der Waals surface area contributed by atoms with Gasteiger partial charge in [-0.2, -0.15) is 5.10 Å². The largest absolute Gasteiger partial charge is 0.316 e. The van der Waals surface area contributed by atoms with Crippen molar-refractivity contribution in [1.82, 2.24) is 19.7 Å². The Morgan fingerprint density at radius 2 is 1.47 bits per heavy atom. The molecule has 0 aliphatic carbocycles. The summed E-state index contributed by atoms with van der Waals surface area (Å²) in [6.45, 7) is 3.48. The van der Waals surface area contributed by atoms with E-state index in [2.05, 4.69) is 20.4 Å². The van der Waals surface area contributed by atoms with E-state index in [1.165, 1.54) is 12.4 Å². The Morgan fingerprint density at radius 3 is 2.10 bits per heavy atom. The predicted molar refractivity (Wildman–Crippen MR) is 113 cm³/mol. The number of para-hydroxylation sites is 1. The van der Waals surface area contributed by atoms with Crippen molar-refractivity contribution in [3.05, 3.63) is 90.0 Å². The minimum absolute atomic E-state index is 0.290. The first kappa shape index (κ1) is 19.2. The van der Waals surface area contributed by atoms with E-state index in [0.29, 0.717) is 22.9 Å². The Morgan fingerprint density at radius 1 is 0.867 bits per heavy atom. The number of hydrogen-bond acceptors (Lipinski definition) is 5. The number of ketones is 1.